The molecule has 5 rings (SSSR count). The molecule has 2 aliphatic heterocycles. The molecule has 4 heterocycles. The number of hydrogen-bond acceptors (Lipinski definition) is 6. The van der Waals surface area contributed by atoms with Crippen molar-refractivity contribution in [3.63, 3.8) is 0 Å². The molecule has 182 valence electrons. The second-order valence-electron chi connectivity index (χ2n) is 8.80. The van der Waals surface area contributed by atoms with E-state index in [1.165, 1.54) is 11.0 Å². The van der Waals surface area contributed by atoms with Crippen LogP contribution in [0.25, 0.3) is 11.4 Å². The summed E-state index contributed by atoms with van der Waals surface area (Å²) in [7, 11) is 0. The molecule has 1 N–H and O–H groups in total. The number of morpholine rings is 1. The normalized spacial score (nSPS) is 20.7. The Hall–Kier alpha value is -3.56. The van der Waals surface area contributed by atoms with Crippen LogP contribution in [0.2, 0.25) is 0 Å². The Labute approximate surface area is 202 Å². The molecule has 1 aromatic carbocycles. The molecule has 8 nitrogen and oxygen atoms in total. The Morgan fingerprint density at radius 3 is 2.63 bits per heavy atom. The number of imidazole rings is 1. The maximum absolute atomic E-state index is 15.0. The van der Waals surface area contributed by atoms with Crippen LogP contribution >= 0.6 is 0 Å². The number of benzene rings is 1. The van der Waals surface area contributed by atoms with Crippen molar-refractivity contribution in [3.05, 3.63) is 77.0 Å². The molecular formula is C26H27FN4O4. The van der Waals surface area contributed by atoms with Gasteiger partial charge in [-0.05, 0) is 31.5 Å². The van der Waals surface area contributed by atoms with E-state index >= 15 is 4.39 Å². The quantitative estimate of drug-likeness (QED) is 0.333. The summed E-state index contributed by atoms with van der Waals surface area (Å²) in [5, 5.41) is 11.4. The predicted octanol–water partition coefficient (Wildman–Crippen LogP) is 2.93. The van der Waals surface area contributed by atoms with Gasteiger partial charge in [-0.2, -0.15) is 0 Å². The van der Waals surface area contributed by atoms with E-state index in [1.807, 2.05) is 6.07 Å². The van der Waals surface area contributed by atoms with E-state index in [9.17, 15) is 14.7 Å². The second-order valence-corrected chi connectivity index (χ2v) is 8.80. The first-order valence-corrected chi connectivity index (χ1v) is 11.7. The van der Waals surface area contributed by atoms with E-state index in [-0.39, 0.29) is 23.4 Å². The van der Waals surface area contributed by atoms with Gasteiger partial charge < -0.3 is 14.7 Å². The van der Waals surface area contributed by atoms with Gasteiger partial charge in [0.2, 0.25) is 0 Å². The number of carbonyl (C=O) groups is 2. The summed E-state index contributed by atoms with van der Waals surface area (Å²) in [6.07, 6.45) is 2.33. The Bertz CT molecular complexity index is 1310. The summed E-state index contributed by atoms with van der Waals surface area (Å²) in [5.41, 5.74) is 1.45. The van der Waals surface area contributed by atoms with E-state index in [0.717, 1.165) is 19.6 Å². The largest absolute Gasteiger partial charge is 0.505 e. The summed E-state index contributed by atoms with van der Waals surface area (Å²) >= 11 is 0. The molecule has 35 heavy (non-hydrogen) atoms. The van der Waals surface area contributed by atoms with Gasteiger partial charge in [0.05, 0.1) is 30.5 Å². The van der Waals surface area contributed by atoms with E-state index in [2.05, 4.69) is 9.88 Å². The molecule has 0 bridgehead atoms. The topological polar surface area (TPSA) is 87.4 Å². The molecule has 0 aliphatic carbocycles. The lowest BCUT2D eigenvalue weighted by molar-refractivity contribution is -0.140. The number of Topliss-reactive ketones (excluding diaryl/α,β-unsaturated/α-hetero) is 1. The highest BCUT2D eigenvalue weighted by Gasteiger charge is 2.47. The van der Waals surface area contributed by atoms with Crippen LogP contribution in [0.4, 0.5) is 4.39 Å². The smallest absolute Gasteiger partial charge is 0.295 e. The van der Waals surface area contributed by atoms with Crippen molar-refractivity contribution in [1.82, 2.24) is 19.2 Å². The second kappa shape index (κ2) is 9.59. The molecule has 3 aromatic rings. The number of nitrogens with zero attached hydrogens (tertiary/aromatic N) is 4. The number of aliphatic hydroxyl groups is 1. The fraction of sp³-hybridized carbons (Fsp3) is 0.346. The van der Waals surface area contributed by atoms with Crippen molar-refractivity contribution in [2.75, 3.05) is 39.4 Å². The fourth-order valence-corrected chi connectivity index (χ4v) is 4.95. The van der Waals surface area contributed by atoms with Crippen molar-refractivity contribution < 1.29 is 23.8 Å². The number of likely N-dealkylation sites (tertiary alicyclic amines) is 1. The zero-order valence-corrected chi connectivity index (χ0v) is 19.5. The van der Waals surface area contributed by atoms with Gasteiger partial charge in [-0.3, -0.25) is 18.9 Å². The Morgan fingerprint density at radius 1 is 1.11 bits per heavy atom. The lowest BCUT2D eigenvalue weighted by Gasteiger charge is -2.29. The van der Waals surface area contributed by atoms with Crippen LogP contribution in [0, 0.1) is 12.7 Å². The third-order valence-electron chi connectivity index (χ3n) is 6.65. The Kier molecular flexibility index (Phi) is 6.36. The van der Waals surface area contributed by atoms with Gasteiger partial charge in [0, 0.05) is 37.9 Å². The first-order chi connectivity index (χ1) is 17.0. The number of aromatic nitrogens is 2. The zero-order valence-electron chi connectivity index (χ0n) is 19.5. The number of ketones is 1. The first kappa shape index (κ1) is 23.2. The van der Waals surface area contributed by atoms with Gasteiger partial charge >= 0.3 is 0 Å². The SMILES string of the molecule is Cc1nc2ccccn2c1C(O)=C1C(=O)C(=O)N(CCCN2CCOCC2)[C@@H]1c1ccccc1F. The van der Waals surface area contributed by atoms with Crippen molar-refractivity contribution in [1.29, 1.82) is 0 Å². The van der Waals surface area contributed by atoms with Gasteiger partial charge in [-0.1, -0.05) is 24.3 Å². The number of carbonyl (C=O) groups excluding carboxylic acids is 2. The Morgan fingerprint density at radius 2 is 1.86 bits per heavy atom. The maximum atomic E-state index is 15.0. The standard InChI is InChI=1S/C26H27FN4O4/c1-17-22(30-11-5-4-9-20(30)28-17)24(32)21-23(18-7-2-3-8-19(18)27)31(26(34)25(21)33)12-6-10-29-13-15-35-16-14-29/h2-5,7-9,11,23,32H,6,10,12-16H2,1H3/t23-/m1/s1. The summed E-state index contributed by atoms with van der Waals surface area (Å²) in [6, 6.07) is 10.4. The minimum atomic E-state index is -1.03. The number of rotatable bonds is 6. The van der Waals surface area contributed by atoms with Gasteiger partial charge in [0.15, 0.2) is 5.76 Å². The highest BCUT2D eigenvalue weighted by atomic mass is 19.1. The molecule has 0 spiro atoms. The number of aliphatic hydroxyl groups excluding tert-OH is 1. The van der Waals surface area contributed by atoms with Crippen molar-refractivity contribution >= 4 is 23.1 Å². The molecule has 2 aliphatic rings. The molecule has 9 heteroatoms. The van der Waals surface area contributed by atoms with Gasteiger partial charge in [-0.25, -0.2) is 9.37 Å². The highest BCUT2D eigenvalue weighted by molar-refractivity contribution is 6.46. The van der Waals surface area contributed by atoms with E-state index in [4.69, 9.17) is 4.74 Å². The third kappa shape index (κ3) is 4.21. The van der Waals surface area contributed by atoms with Crippen LogP contribution in [0.15, 0.2) is 54.2 Å². The summed E-state index contributed by atoms with van der Waals surface area (Å²) < 4.78 is 22.0. The van der Waals surface area contributed by atoms with Crippen molar-refractivity contribution in [3.8, 4) is 0 Å². The first-order valence-electron chi connectivity index (χ1n) is 11.7. The lowest BCUT2D eigenvalue weighted by atomic mass is 9.95. The molecular weight excluding hydrogens is 451 g/mol. The van der Waals surface area contributed by atoms with Gasteiger partial charge in [0.1, 0.15) is 17.2 Å². The minimum absolute atomic E-state index is 0.125. The summed E-state index contributed by atoms with van der Waals surface area (Å²) in [5.74, 6) is -2.47. The molecule has 0 saturated carbocycles. The van der Waals surface area contributed by atoms with Gasteiger partial charge in [0.25, 0.3) is 11.7 Å². The zero-order chi connectivity index (χ0) is 24.5. The van der Waals surface area contributed by atoms with E-state index in [1.54, 1.807) is 47.9 Å². The third-order valence-corrected chi connectivity index (χ3v) is 6.65. The number of pyridine rings is 1. The number of aryl methyl sites for hydroxylation is 1. The number of hydrogen-bond donors (Lipinski definition) is 1. The number of amides is 1. The van der Waals surface area contributed by atoms with Crippen molar-refractivity contribution in [2.45, 2.75) is 19.4 Å². The van der Waals surface area contributed by atoms with E-state index in [0.29, 0.717) is 36.7 Å². The van der Waals surface area contributed by atoms with E-state index < -0.39 is 23.5 Å². The molecule has 0 radical (unpaired) electrons. The average molecular weight is 479 g/mol. The molecule has 0 unspecified atom stereocenters. The van der Waals surface area contributed by atoms with Crippen LogP contribution in [-0.2, 0) is 14.3 Å². The molecule has 2 aromatic heterocycles. The van der Waals surface area contributed by atoms with Crippen molar-refractivity contribution in [2.24, 2.45) is 0 Å². The maximum Gasteiger partial charge on any atom is 0.295 e. The Balaban J connectivity index is 1.56. The highest BCUT2D eigenvalue weighted by Crippen LogP contribution is 2.40. The lowest BCUT2D eigenvalue weighted by Crippen LogP contribution is -2.39. The monoisotopic (exact) mass is 478 g/mol. The summed E-state index contributed by atoms with van der Waals surface area (Å²) in [6.45, 7) is 5.65. The number of halogens is 1. The predicted molar refractivity (Wildman–Crippen MR) is 127 cm³/mol. The molecule has 2 saturated heterocycles. The average Bonchev–Trinajstić information content (AvgIpc) is 3.33. The molecule has 1 amide bonds. The van der Waals surface area contributed by atoms with Crippen LogP contribution < -0.4 is 0 Å². The molecule has 2 fully saturated rings. The minimum Gasteiger partial charge on any atom is -0.505 e. The van der Waals surface area contributed by atoms with Crippen LogP contribution in [0.1, 0.15) is 29.4 Å². The van der Waals surface area contributed by atoms with Gasteiger partial charge in [-0.15, -0.1) is 0 Å². The number of fused-ring (bicyclic) bond motifs is 1. The number of ether oxygens (including phenoxy) is 1. The summed E-state index contributed by atoms with van der Waals surface area (Å²) in [4.78, 5) is 34.5. The van der Waals surface area contributed by atoms with Crippen LogP contribution in [0.5, 0.6) is 0 Å². The molecule has 1 atom stereocenters. The van der Waals surface area contributed by atoms with Crippen LogP contribution in [-0.4, -0.2) is 75.4 Å². The fourth-order valence-electron chi connectivity index (χ4n) is 4.95. The van der Waals surface area contributed by atoms with Crippen LogP contribution in [0.3, 0.4) is 0 Å².